The number of methoxy groups -OCH3 is 1. The Hall–Kier alpha value is -1.26. The van der Waals surface area contributed by atoms with Gasteiger partial charge in [0.1, 0.15) is 5.75 Å². The Labute approximate surface area is 105 Å². The van der Waals surface area contributed by atoms with E-state index >= 15 is 0 Å². The van der Waals surface area contributed by atoms with Crippen LogP contribution in [0.15, 0.2) is 12.1 Å². The number of hydrogen-bond donors (Lipinski definition) is 2. The highest BCUT2D eigenvalue weighted by atomic mass is 35.5. The summed E-state index contributed by atoms with van der Waals surface area (Å²) in [6.07, 6.45) is 0. The lowest BCUT2D eigenvalue weighted by Crippen LogP contribution is -2.26. The Balaban J connectivity index is 3.14. The first-order valence-corrected chi connectivity index (χ1v) is 5.58. The summed E-state index contributed by atoms with van der Waals surface area (Å²) in [7, 11) is 1.53. The van der Waals surface area contributed by atoms with Crippen molar-refractivity contribution in [1.82, 2.24) is 0 Å². The molecular weight excluding hydrogens is 242 g/mol. The number of ether oxygens (including phenoxy) is 1. The van der Waals surface area contributed by atoms with Gasteiger partial charge in [0.05, 0.1) is 18.1 Å². The number of aryl methyl sites for hydroxylation is 1. The van der Waals surface area contributed by atoms with Crippen LogP contribution in [0.3, 0.4) is 0 Å². The largest absolute Gasteiger partial charge is 0.495 e. The molecule has 0 spiro atoms. The summed E-state index contributed by atoms with van der Waals surface area (Å²) in [5, 5.41) is 9.37. The van der Waals surface area contributed by atoms with Crippen LogP contribution in [0.25, 0.3) is 0 Å². The Kier molecular flexibility index (Phi) is 4.37. The second kappa shape index (κ2) is 5.38. The van der Waals surface area contributed by atoms with E-state index in [2.05, 4.69) is 0 Å². The summed E-state index contributed by atoms with van der Waals surface area (Å²) in [5.41, 5.74) is 7.52. The maximum Gasteiger partial charge on any atom is 0.308 e. The summed E-state index contributed by atoms with van der Waals surface area (Å²) in [6, 6.07) is 2.84. The number of aliphatic carboxylic acids is 1. The van der Waals surface area contributed by atoms with E-state index in [1.165, 1.54) is 7.11 Å². The van der Waals surface area contributed by atoms with Crippen LogP contribution in [0.4, 0.5) is 0 Å². The molecule has 0 radical (unpaired) electrons. The molecule has 0 aliphatic carbocycles. The predicted octanol–water partition coefficient (Wildman–Crippen LogP) is 2.38. The van der Waals surface area contributed by atoms with Crippen LogP contribution >= 0.6 is 11.6 Å². The highest BCUT2D eigenvalue weighted by Crippen LogP contribution is 2.32. The fraction of sp³-hybridized carbons (Fsp3) is 0.417. The zero-order valence-electron chi connectivity index (χ0n) is 10.0. The fourth-order valence-corrected chi connectivity index (χ4v) is 1.86. The van der Waals surface area contributed by atoms with E-state index in [0.29, 0.717) is 10.8 Å². The quantitative estimate of drug-likeness (QED) is 0.869. The molecule has 0 aromatic heterocycles. The first-order chi connectivity index (χ1) is 7.88. The first kappa shape index (κ1) is 13.8. The number of carboxylic acids is 1. The standard InChI is InChI=1S/C12H16ClNO3/c1-6-4-10(17-3)9(13)5-8(6)11(14)7(2)12(15)16/h4-5,7,11H,14H2,1-3H3,(H,15,16). The van der Waals surface area contributed by atoms with Crippen LogP contribution in [-0.4, -0.2) is 18.2 Å². The molecule has 0 saturated carbocycles. The highest BCUT2D eigenvalue weighted by Gasteiger charge is 2.23. The average molecular weight is 258 g/mol. The molecule has 0 saturated heterocycles. The van der Waals surface area contributed by atoms with Crippen molar-refractivity contribution in [3.8, 4) is 5.75 Å². The Morgan fingerprint density at radius 3 is 2.59 bits per heavy atom. The van der Waals surface area contributed by atoms with Crippen LogP contribution in [0, 0.1) is 12.8 Å². The number of halogens is 1. The minimum absolute atomic E-state index is 0.432. The second-order valence-corrected chi connectivity index (χ2v) is 4.40. The highest BCUT2D eigenvalue weighted by molar-refractivity contribution is 6.32. The Bertz CT molecular complexity index is 434. The summed E-state index contributed by atoms with van der Waals surface area (Å²) in [4.78, 5) is 10.9. The lowest BCUT2D eigenvalue weighted by Gasteiger charge is -2.19. The SMILES string of the molecule is COc1cc(C)c(C(N)C(C)C(=O)O)cc1Cl. The van der Waals surface area contributed by atoms with Gasteiger partial charge in [-0.25, -0.2) is 0 Å². The van der Waals surface area contributed by atoms with Gasteiger partial charge in [-0.15, -0.1) is 0 Å². The topological polar surface area (TPSA) is 72.5 Å². The van der Waals surface area contributed by atoms with Crippen LogP contribution < -0.4 is 10.5 Å². The van der Waals surface area contributed by atoms with Crippen molar-refractivity contribution < 1.29 is 14.6 Å². The van der Waals surface area contributed by atoms with Gasteiger partial charge in [-0.2, -0.15) is 0 Å². The zero-order chi connectivity index (χ0) is 13.2. The van der Waals surface area contributed by atoms with E-state index in [0.717, 1.165) is 11.1 Å². The maximum atomic E-state index is 10.9. The van der Waals surface area contributed by atoms with Gasteiger partial charge in [0, 0.05) is 6.04 Å². The minimum atomic E-state index is -0.927. The maximum absolute atomic E-state index is 10.9. The monoisotopic (exact) mass is 257 g/mol. The molecule has 94 valence electrons. The lowest BCUT2D eigenvalue weighted by atomic mass is 9.92. The predicted molar refractivity (Wildman–Crippen MR) is 66.5 cm³/mol. The minimum Gasteiger partial charge on any atom is -0.495 e. The van der Waals surface area contributed by atoms with Crippen LogP contribution in [-0.2, 0) is 4.79 Å². The molecule has 0 fully saturated rings. The van der Waals surface area contributed by atoms with Crippen molar-refractivity contribution in [3.05, 3.63) is 28.3 Å². The Morgan fingerprint density at radius 2 is 2.12 bits per heavy atom. The molecule has 0 aliphatic heterocycles. The van der Waals surface area contributed by atoms with Crippen molar-refractivity contribution in [1.29, 1.82) is 0 Å². The van der Waals surface area contributed by atoms with Gasteiger partial charge in [0.15, 0.2) is 0 Å². The molecule has 0 bridgehead atoms. The van der Waals surface area contributed by atoms with Gasteiger partial charge in [-0.3, -0.25) is 4.79 Å². The molecular formula is C12H16ClNO3. The smallest absolute Gasteiger partial charge is 0.308 e. The van der Waals surface area contributed by atoms with E-state index in [4.69, 9.17) is 27.2 Å². The first-order valence-electron chi connectivity index (χ1n) is 5.21. The number of carbonyl (C=O) groups is 1. The number of carboxylic acid groups (broad SMARTS) is 1. The molecule has 0 amide bonds. The Morgan fingerprint density at radius 1 is 1.53 bits per heavy atom. The van der Waals surface area contributed by atoms with E-state index in [9.17, 15) is 4.79 Å². The molecule has 1 rings (SSSR count). The third-order valence-corrected chi connectivity index (χ3v) is 3.12. The van der Waals surface area contributed by atoms with Crippen molar-refractivity contribution in [2.45, 2.75) is 19.9 Å². The molecule has 2 atom stereocenters. The lowest BCUT2D eigenvalue weighted by molar-refractivity contribution is -0.141. The zero-order valence-corrected chi connectivity index (χ0v) is 10.8. The third kappa shape index (κ3) is 2.90. The number of rotatable bonds is 4. The molecule has 4 nitrogen and oxygen atoms in total. The second-order valence-electron chi connectivity index (χ2n) is 4.00. The van der Waals surface area contributed by atoms with Gasteiger partial charge < -0.3 is 15.6 Å². The van der Waals surface area contributed by atoms with Gasteiger partial charge in [-0.1, -0.05) is 18.5 Å². The van der Waals surface area contributed by atoms with Crippen molar-refractivity contribution >= 4 is 17.6 Å². The van der Waals surface area contributed by atoms with E-state index in [1.807, 2.05) is 6.92 Å². The number of nitrogens with two attached hydrogens (primary N) is 1. The summed E-state index contributed by atoms with van der Waals surface area (Å²) in [6.45, 7) is 3.42. The molecule has 0 aliphatic rings. The summed E-state index contributed by atoms with van der Waals surface area (Å²) < 4.78 is 5.08. The van der Waals surface area contributed by atoms with Crippen LogP contribution in [0.1, 0.15) is 24.1 Å². The van der Waals surface area contributed by atoms with Gasteiger partial charge in [0.25, 0.3) is 0 Å². The van der Waals surface area contributed by atoms with Crippen LogP contribution in [0.2, 0.25) is 5.02 Å². The van der Waals surface area contributed by atoms with Crippen molar-refractivity contribution in [2.24, 2.45) is 11.7 Å². The van der Waals surface area contributed by atoms with Gasteiger partial charge in [0.2, 0.25) is 0 Å². The molecule has 5 heteroatoms. The van der Waals surface area contributed by atoms with E-state index < -0.39 is 17.9 Å². The van der Waals surface area contributed by atoms with Crippen molar-refractivity contribution in [3.63, 3.8) is 0 Å². The normalized spacial score (nSPS) is 14.2. The summed E-state index contributed by atoms with van der Waals surface area (Å²) >= 11 is 6.00. The number of hydrogen-bond acceptors (Lipinski definition) is 3. The van der Waals surface area contributed by atoms with E-state index in [1.54, 1.807) is 19.1 Å². The molecule has 1 aromatic carbocycles. The molecule has 0 heterocycles. The summed E-state index contributed by atoms with van der Waals surface area (Å²) in [5.74, 6) is -1.04. The van der Waals surface area contributed by atoms with E-state index in [-0.39, 0.29) is 0 Å². The molecule has 2 unspecified atom stereocenters. The number of benzene rings is 1. The molecule has 17 heavy (non-hydrogen) atoms. The fourth-order valence-electron chi connectivity index (χ4n) is 1.61. The van der Waals surface area contributed by atoms with Crippen LogP contribution in [0.5, 0.6) is 5.75 Å². The molecule has 1 aromatic rings. The molecule has 3 N–H and O–H groups in total. The van der Waals surface area contributed by atoms with Gasteiger partial charge in [-0.05, 0) is 30.2 Å². The average Bonchev–Trinajstić information content (AvgIpc) is 2.29. The third-order valence-electron chi connectivity index (χ3n) is 2.83. The van der Waals surface area contributed by atoms with Gasteiger partial charge >= 0.3 is 5.97 Å². The van der Waals surface area contributed by atoms with Crippen molar-refractivity contribution in [2.75, 3.05) is 7.11 Å².